The number of nitrogens with zero attached hydrogens (tertiary/aromatic N) is 3. The lowest BCUT2D eigenvalue weighted by molar-refractivity contribution is 0.0283. The predicted octanol–water partition coefficient (Wildman–Crippen LogP) is 1.19. The van der Waals surface area contributed by atoms with Gasteiger partial charge in [-0.1, -0.05) is 0 Å². The van der Waals surface area contributed by atoms with Crippen LogP contribution in [0, 0.1) is 11.3 Å². The highest BCUT2D eigenvalue weighted by molar-refractivity contribution is 5.13. The van der Waals surface area contributed by atoms with Gasteiger partial charge in [0.2, 0.25) is 0 Å². The lowest BCUT2D eigenvalue weighted by Gasteiger charge is -2.45. The zero-order valence-electron chi connectivity index (χ0n) is 12.2. The van der Waals surface area contributed by atoms with E-state index in [9.17, 15) is 5.26 Å². The highest BCUT2D eigenvalue weighted by atomic mass is 15.3. The molecule has 2 aliphatic heterocycles. The number of rotatable bonds is 2. The maximum Gasteiger partial charge on any atom is 0.108 e. The van der Waals surface area contributed by atoms with E-state index in [0.717, 1.165) is 18.9 Å². The number of fused-ring (bicyclic) bond motifs is 1. The van der Waals surface area contributed by atoms with Gasteiger partial charge in [0.05, 0.1) is 6.07 Å². The highest BCUT2D eigenvalue weighted by Crippen LogP contribution is 2.36. The zero-order chi connectivity index (χ0) is 13.5. The van der Waals surface area contributed by atoms with Crippen LogP contribution in [0.1, 0.15) is 39.0 Å². The van der Waals surface area contributed by atoms with Crippen molar-refractivity contribution in [3.05, 3.63) is 0 Å². The molecule has 2 saturated heterocycles. The van der Waals surface area contributed by atoms with Crippen LogP contribution in [0.3, 0.4) is 0 Å². The first-order valence-electron chi connectivity index (χ1n) is 7.77. The monoisotopic (exact) mass is 262 g/mol. The van der Waals surface area contributed by atoms with Crippen molar-refractivity contribution in [1.29, 1.82) is 5.26 Å². The van der Waals surface area contributed by atoms with Gasteiger partial charge < -0.3 is 5.32 Å². The van der Waals surface area contributed by atoms with Gasteiger partial charge in [-0.2, -0.15) is 5.26 Å². The zero-order valence-corrected chi connectivity index (χ0v) is 12.2. The summed E-state index contributed by atoms with van der Waals surface area (Å²) in [5, 5.41) is 12.7. The van der Waals surface area contributed by atoms with Crippen molar-refractivity contribution in [3.63, 3.8) is 0 Å². The summed E-state index contributed by atoms with van der Waals surface area (Å²) < 4.78 is 0. The smallest absolute Gasteiger partial charge is 0.108 e. The summed E-state index contributed by atoms with van der Waals surface area (Å²) in [6.45, 7) is 6.10. The molecule has 4 nitrogen and oxygen atoms in total. The standard InChI is InChI=1S/C15H26N4/c1-12-9-18-7-3-4-14(18)10-19(12)13-5-6-15(8-13,11-16)17-2/h12-14,17H,3-10H2,1-2H3. The Kier molecular flexibility index (Phi) is 3.55. The van der Waals surface area contributed by atoms with E-state index < -0.39 is 0 Å². The summed E-state index contributed by atoms with van der Waals surface area (Å²) in [4.78, 5) is 5.37. The van der Waals surface area contributed by atoms with Crippen LogP contribution < -0.4 is 5.32 Å². The second-order valence-electron chi connectivity index (χ2n) is 6.68. The van der Waals surface area contributed by atoms with Crippen molar-refractivity contribution >= 4 is 0 Å². The minimum Gasteiger partial charge on any atom is -0.302 e. The Hall–Kier alpha value is -0.630. The Bertz CT molecular complexity index is 377. The molecule has 0 aromatic carbocycles. The first-order valence-corrected chi connectivity index (χ1v) is 7.77. The lowest BCUT2D eigenvalue weighted by atomic mass is 9.98. The maximum absolute atomic E-state index is 9.41. The summed E-state index contributed by atoms with van der Waals surface area (Å²) >= 11 is 0. The summed E-state index contributed by atoms with van der Waals surface area (Å²) in [7, 11) is 1.93. The van der Waals surface area contributed by atoms with E-state index in [1.807, 2.05) is 7.05 Å². The largest absolute Gasteiger partial charge is 0.302 e. The Morgan fingerprint density at radius 3 is 2.79 bits per heavy atom. The fourth-order valence-electron chi connectivity index (χ4n) is 4.41. The van der Waals surface area contributed by atoms with Gasteiger partial charge in [0.25, 0.3) is 0 Å². The average molecular weight is 262 g/mol. The van der Waals surface area contributed by atoms with Crippen molar-refractivity contribution in [2.45, 2.75) is 62.7 Å². The number of nitrogens with one attached hydrogen (secondary N) is 1. The van der Waals surface area contributed by atoms with Gasteiger partial charge in [0, 0.05) is 31.2 Å². The first kappa shape index (κ1) is 13.4. The number of nitriles is 1. The molecule has 4 unspecified atom stereocenters. The molecular formula is C15H26N4. The molecule has 19 heavy (non-hydrogen) atoms. The lowest BCUT2D eigenvalue weighted by Crippen LogP contribution is -2.58. The average Bonchev–Trinajstić information content (AvgIpc) is 3.03. The molecule has 4 atom stereocenters. The molecule has 0 spiro atoms. The second kappa shape index (κ2) is 5.05. The van der Waals surface area contributed by atoms with Crippen molar-refractivity contribution in [3.8, 4) is 6.07 Å². The molecule has 0 amide bonds. The molecular weight excluding hydrogens is 236 g/mol. The summed E-state index contributed by atoms with van der Waals surface area (Å²) in [6, 6.07) is 4.54. The third kappa shape index (κ3) is 2.29. The Morgan fingerprint density at radius 1 is 1.26 bits per heavy atom. The minimum absolute atomic E-state index is 0.267. The molecule has 1 saturated carbocycles. The van der Waals surface area contributed by atoms with Gasteiger partial charge >= 0.3 is 0 Å². The van der Waals surface area contributed by atoms with Gasteiger partial charge in [-0.3, -0.25) is 9.80 Å². The minimum atomic E-state index is -0.267. The van der Waals surface area contributed by atoms with Crippen LogP contribution in [0.2, 0.25) is 0 Å². The Morgan fingerprint density at radius 2 is 2.11 bits per heavy atom. The van der Waals surface area contributed by atoms with Crippen molar-refractivity contribution in [2.75, 3.05) is 26.7 Å². The third-order valence-electron chi connectivity index (χ3n) is 5.64. The molecule has 0 aromatic heterocycles. The molecule has 3 aliphatic rings. The van der Waals surface area contributed by atoms with Gasteiger partial charge in [-0.25, -0.2) is 0 Å². The van der Waals surface area contributed by atoms with Crippen LogP contribution in [-0.4, -0.2) is 60.1 Å². The van der Waals surface area contributed by atoms with Crippen LogP contribution >= 0.6 is 0 Å². The third-order valence-corrected chi connectivity index (χ3v) is 5.64. The van der Waals surface area contributed by atoms with Crippen LogP contribution in [0.4, 0.5) is 0 Å². The summed E-state index contributed by atoms with van der Waals surface area (Å²) in [6.07, 6.45) is 5.91. The van der Waals surface area contributed by atoms with Gasteiger partial charge in [-0.05, 0) is 52.6 Å². The number of hydrogen-bond donors (Lipinski definition) is 1. The van der Waals surface area contributed by atoms with E-state index in [-0.39, 0.29) is 5.54 Å². The fourth-order valence-corrected chi connectivity index (χ4v) is 4.41. The molecule has 0 radical (unpaired) electrons. The Labute approximate surface area is 116 Å². The molecule has 1 aliphatic carbocycles. The fraction of sp³-hybridized carbons (Fsp3) is 0.933. The van der Waals surface area contributed by atoms with Crippen LogP contribution in [0.25, 0.3) is 0 Å². The molecule has 3 rings (SSSR count). The van der Waals surface area contributed by atoms with Crippen LogP contribution in [-0.2, 0) is 0 Å². The van der Waals surface area contributed by atoms with Gasteiger partial charge in [0.15, 0.2) is 0 Å². The molecule has 0 bridgehead atoms. The number of hydrogen-bond acceptors (Lipinski definition) is 4. The second-order valence-corrected chi connectivity index (χ2v) is 6.68. The predicted molar refractivity (Wildman–Crippen MR) is 75.8 cm³/mol. The molecule has 2 heterocycles. The van der Waals surface area contributed by atoms with E-state index in [2.05, 4.69) is 28.1 Å². The summed E-state index contributed by atoms with van der Waals surface area (Å²) in [5.74, 6) is 0. The van der Waals surface area contributed by atoms with Crippen molar-refractivity contribution in [2.24, 2.45) is 0 Å². The van der Waals surface area contributed by atoms with Crippen molar-refractivity contribution < 1.29 is 0 Å². The van der Waals surface area contributed by atoms with Gasteiger partial charge in [0.1, 0.15) is 5.54 Å². The normalized spacial score (nSPS) is 44.2. The maximum atomic E-state index is 9.41. The van der Waals surface area contributed by atoms with E-state index in [0.29, 0.717) is 12.1 Å². The topological polar surface area (TPSA) is 42.3 Å². The Balaban J connectivity index is 1.68. The van der Waals surface area contributed by atoms with Crippen molar-refractivity contribution in [1.82, 2.24) is 15.1 Å². The molecule has 0 aromatic rings. The van der Waals surface area contributed by atoms with E-state index >= 15 is 0 Å². The summed E-state index contributed by atoms with van der Waals surface area (Å²) in [5.41, 5.74) is -0.267. The number of piperazine rings is 1. The molecule has 3 fully saturated rings. The van der Waals surface area contributed by atoms with E-state index in [1.54, 1.807) is 0 Å². The van der Waals surface area contributed by atoms with Crippen LogP contribution in [0.15, 0.2) is 0 Å². The van der Waals surface area contributed by atoms with E-state index in [1.165, 1.54) is 38.9 Å². The van der Waals surface area contributed by atoms with Crippen LogP contribution in [0.5, 0.6) is 0 Å². The molecule has 4 heteroatoms. The first-order chi connectivity index (χ1) is 9.17. The molecule has 1 N–H and O–H groups in total. The van der Waals surface area contributed by atoms with Gasteiger partial charge in [-0.15, -0.1) is 0 Å². The SMILES string of the molecule is CNC1(C#N)CCC(N2CC3CCCN3CC2C)C1. The molecule has 106 valence electrons. The van der Waals surface area contributed by atoms with E-state index in [4.69, 9.17) is 0 Å². The quantitative estimate of drug-likeness (QED) is 0.812. The highest BCUT2D eigenvalue weighted by Gasteiger charge is 2.44.